The van der Waals surface area contributed by atoms with Gasteiger partial charge in [-0.3, -0.25) is 0 Å². The van der Waals surface area contributed by atoms with Gasteiger partial charge >= 0.3 is 6.16 Å². The first-order chi connectivity index (χ1) is 8.87. The second-order valence-electron chi connectivity index (χ2n) is 7.95. The van der Waals surface area contributed by atoms with Crippen LogP contribution in [0.4, 0.5) is 4.79 Å². The third-order valence-corrected chi connectivity index (χ3v) is 4.32. The Kier molecular flexibility index (Phi) is 4.42. The van der Waals surface area contributed by atoms with Crippen LogP contribution in [0.5, 0.6) is 0 Å². The highest BCUT2D eigenvalue weighted by Gasteiger charge is 2.44. The zero-order valence-electron chi connectivity index (χ0n) is 13.8. The Morgan fingerprint density at radius 2 is 1.85 bits per heavy atom. The van der Waals surface area contributed by atoms with Crippen LogP contribution in [-0.2, 0) is 4.74 Å². The fourth-order valence-electron chi connectivity index (χ4n) is 2.66. The van der Waals surface area contributed by atoms with Crippen molar-refractivity contribution >= 4 is 6.16 Å². The van der Waals surface area contributed by atoms with Crippen LogP contribution in [0, 0.1) is 16.2 Å². The van der Waals surface area contributed by atoms with Crippen LogP contribution in [0.3, 0.4) is 0 Å². The SMILES string of the molecule is CC1=CC(COC(=O)O)(C(C)(C)C)CC(C(C)(C)C)=C1. The minimum absolute atomic E-state index is 0.0749. The van der Waals surface area contributed by atoms with Crippen molar-refractivity contribution < 1.29 is 14.6 Å². The molecule has 114 valence electrons. The first kappa shape index (κ1) is 16.8. The molecule has 20 heavy (non-hydrogen) atoms. The molecule has 1 atom stereocenters. The molecule has 0 saturated carbocycles. The Balaban J connectivity index is 3.21. The average molecular weight is 280 g/mol. The lowest BCUT2D eigenvalue weighted by Gasteiger charge is -2.46. The van der Waals surface area contributed by atoms with Crippen molar-refractivity contribution in [3.8, 4) is 0 Å². The predicted octanol–water partition coefficient (Wildman–Crippen LogP) is 5.04. The van der Waals surface area contributed by atoms with E-state index >= 15 is 0 Å². The summed E-state index contributed by atoms with van der Waals surface area (Å²) in [4.78, 5) is 10.8. The van der Waals surface area contributed by atoms with Crippen LogP contribution < -0.4 is 0 Å². The van der Waals surface area contributed by atoms with E-state index in [2.05, 4.69) is 60.6 Å². The Hall–Kier alpha value is -1.25. The average Bonchev–Trinajstić information content (AvgIpc) is 2.22. The predicted molar refractivity (Wildman–Crippen MR) is 81.8 cm³/mol. The summed E-state index contributed by atoms with van der Waals surface area (Å²) >= 11 is 0. The van der Waals surface area contributed by atoms with Gasteiger partial charge in [0.15, 0.2) is 0 Å². The largest absolute Gasteiger partial charge is 0.505 e. The summed E-state index contributed by atoms with van der Waals surface area (Å²) in [7, 11) is 0. The van der Waals surface area contributed by atoms with Gasteiger partial charge in [0.2, 0.25) is 0 Å². The van der Waals surface area contributed by atoms with Gasteiger partial charge in [0.25, 0.3) is 0 Å². The van der Waals surface area contributed by atoms with E-state index in [1.807, 2.05) is 0 Å². The summed E-state index contributed by atoms with van der Waals surface area (Å²) in [5.41, 5.74) is 2.25. The maximum Gasteiger partial charge on any atom is 0.505 e. The molecule has 0 saturated heterocycles. The fourth-order valence-corrected chi connectivity index (χ4v) is 2.66. The van der Waals surface area contributed by atoms with Crippen LogP contribution in [0.25, 0.3) is 0 Å². The summed E-state index contributed by atoms with van der Waals surface area (Å²) in [6, 6.07) is 0. The van der Waals surface area contributed by atoms with Crippen LogP contribution in [0.2, 0.25) is 0 Å². The Bertz CT molecular complexity index is 444. The molecule has 0 fully saturated rings. The van der Waals surface area contributed by atoms with Crippen molar-refractivity contribution in [3.63, 3.8) is 0 Å². The van der Waals surface area contributed by atoms with E-state index in [-0.39, 0.29) is 22.9 Å². The Labute approximate surface area is 122 Å². The fraction of sp³-hybridized carbons (Fsp3) is 0.706. The van der Waals surface area contributed by atoms with Crippen LogP contribution in [-0.4, -0.2) is 17.9 Å². The number of hydrogen-bond donors (Lipinski definition) is 1. The van der Waals surface area contributed by atoms with Crippen LogP contribution >= 0.6 is 0 Å². The van der Waals surface area contributed by atoms with Crippen molar-refractivity contribution in [2.45, 2.75) is 54.9 Å². The molecule has 0 aromatic carbocycles. The number of rotatable bonds is 2. The van der Waals surface area contributed by atoms with Crippen molar-refractivity contribution in [1.82, 2.24) is 0 Å². The summed E-state index contributed by atoms with van der Waals surface area (Å²) < 4.78 is 4.97. The van der Waals surface area contributed by atoms with Gasteiger partial charge in [0, 0.05) is 5.41 Å². The molecule has 3 heteroatoms. The first-order valence-corrected chi connectivity index (χ1v) is 7.14. The first-order valence-electron chi connectivity index (χ1n) is 7.14. The molecule has 0 radical (unpaired) electrons. The van der Waals surface area contributed by atoms with Crippen molar-refractivity contribution in [3.05, 3.63) is 23.3 Å². The van der Waals surface area contributed by atoms with Crippen LogP contribution in [0.1, 0.15) is 54.9 Å². The third kappa shape index (κ3) is 3.65. The number of hydrogen-bond acceptors (Lipinski definition) is 2. The molecular weight excluding hydrogens is 252 g/mol. The molecule has 0 amide bonds. The van der Waals surface area contributed by atoms with E-state index in [4.69, 9.17) is 9.84 Å². The zero-order valence-corrected chi connectivity index (χ0v) is 13.8. The van der Waals surface area contributed by atoms with Gasteiger partial charge in [-0.25, -0.2) is 4.79 Å². The molecule has 3 nitrogen and oxygen atoms in total. The number of carbonyl (C=O) groups is 1. The minimum atomic E-state index is -1.20. The maximum absolute atomic E-state index is 10.8. The van der Waals surface area contributed by atoms with E-state index in [0.29, 0.717) is 0 Å². The number of ether oxygens (including phenoxy) is 1. The van der Waals surface area contributed by atoms with Gasteiger partial charge in [-0.05, 0) is 24.2 Å². The summed E-state index contributed by atoms with van der Waals surface area (Å²) in [5, 5.41) is 8.86. The summed E-state index contributed by atoms with van der Waals surface area (Å²) in [6.07, 6.45) is 4.05. The lowest BCUT2D eigenvalue weighted by Crippen LogP contribution is -2.42. The highest BCUT2D eigenvalue weighted by molar-refractivity contribution is 5.57. The van der Waals surface area contributed by atoms with Crippen molar-refractivity contribution in [2.24, 2.45) is 16.2 Å². The maximum atomic E-state index is 10.8. The molecule has 1 unspecified atom stereocenters. The molecule has 1 rings (SSSR count). The van der Waals surface area contributed by atoms with Crippen molar-refractivity contribution in [2.75, 3.05) is 6.61 Å². The smallest absolute Gasteiger partial charge is 0.450 e. The van der Waals surface area contributed by atoms with Gasteiger partial charge in [0.1, 0.15) is 6.61 Å². The highest BCUT2D eigenvalue weighted by Crippen LogP contribution is 2.51. The lowest BCUT2D eigenvalue weighted by atomic mass is 9.59. The van der Waals surface area contributed by atoms with Crippen LogP contribution in [0.15, 0.2) is 23.3 Å². The van der Waals surface area contributed by atoms with Gasteiger partial charge in [0.05, 0.1) is 0 Å². The van der Waals surface area contributed by atoms with Gasteiger partial charge in [-0.1, -0.05) is 64.8 Å². The Morgan fingerprint density at radius 1 is 1.30 bits per heavy atom. The monoisotopic (exact) mass is 280 g/mol. The molecule has 0 bridgehead atoms. The van der Waals surface area contributed by atoms with Crippen molar-refractivity contribution in [1.29, 1.82) is 0 Å². The summed E-state index contributed by atoms with van der Waals surface area (Å²) in [6.45, 7) is 15.3. The highest BCUT2D eigenvalue weighted by atomic mass is 16.7. The van der Waals surface area contributed by atoms with E-state index in [1.54, 1.807) is 0 Å². The number of carboxylic acid groups (broad SMARTS) is 1. The van der Waals surface area contributed by atoms with Gasteiger partial charge in [-0.15, -0.1) is 0 Å². The van der Waals surface area contributed by atoms with Gasteiger partial charge in [-0.2, -0.15) is 0 Å². The quantitative estimate of drug-likeness (QED) is 0.721. The number of allylic oxidation sites excluding steroid dienone is 3. The molecule has 1 aliphatic rings. The topological polar surface area (TPSA) is 46.5 Å². The summed E-state index contributed by atoms with van der Waals surface area (Å²) in [5.74, 6) is 0. The molecule has 0 spiro atoms. The molecule has 0 aliphatic heterocycles. The normalized spacial score (nSPS) is 23.9. The molecule has 1 N–H and O–H groups in total. The van der Waals surface area contributed by atoms with E-state index in [0.717, 1.165) is 6.42 Å². The Morgan fingerprint density at radius 3 is 2.25 bits per heavy atom. The third-order valence-electron chi connectivity index (χ3n) is 4.32. The van der Waals surface area contributed by atoms with Gasteiger partial charge < -0.3 is 9.84 Å². The second kappa shape index (κ2) is 5.27. The standard InChI is InChI=1S/C17H28O3/c1-12-8-13(15(2,3)4)10-17(9-12,16(5,6)7)11-20-14(18)19/h8-9H,10-11H2,1-7H3,(H,18,19). The van der Waals surface area contributed by atoms with E-state index in [9.17, 15) is 4.79 Å². The molecule has 0 aromatic rings. The molecule has 0 aromatic heterocycles. The van der Waals surface area contributed by atoms with E-state index < -0.39 is 6.16 Å². The van der Waals surface area contributed by atoms with E-state index in [1.165, 1.54) is 11.1 Å². The molecule has 1 aliphatic carbocycles. The second-order valence-corrected chi connectivity index (χ2v) is 7.95. The molecule has 0 heterocycles. The lowest BCUT2D eigenvalue weighted by molar-refractivity contribution is 0.0141. The zero-order chi connectivity index (χ0) is 15.8. The molecular formula is C17H28O3. The minimum Gasteiger partial charge on any atom is -0.450 e.